The maximum Gasteiger partial charge on any atom is 0.256 e. The molecule has 2 heterocycles. The summed E-state index contributed by atoms with van der Waals surface area (Å²) in [6, 6.07) is 16.2. The number of fused-ring (bicyclic) bond motifs is 1. The predicted molar refractivity (Wildman–Crippen MR) is 145 cm³/mol. The van der Waals surface area contributed by atoms with Gasteiger partial charge in [0.25, 0.3) is 11.5 Å². The number of hydrogen-bond donors (Lipinski definition) is 2. The van der Waals surface area contributed by atoms with E-state index >= 15 is 0 Å². The van der Waals surface area contributed by atoms with Crippen molar-refractivity contribution in [1.29, 1.82) is 0 Å². The third-order valence-electron chi connectivity index (χ3n) is 7.99. The number of aliphatic hydroxyl groups is 1. The van der Waals surface area contributed by atoms with Crippen LogP contribution in [0.15, 0.2) is 53.3 Å². The summed E-state index contributed by atoms with van der Waals surface area (Å²) in [5, 5.41) is 10.9. The minimum Gasteiger partial charge on any atom is -0.378 e. The second-order valence-corrected chi connectivity index (χ2v) is 12.0. The molecule has 0 spiro atoms. The zero-order valence-corrected chi connectivity index (χ0v) is 22.5. The van der Waals surface area contributed by atoms with E-state index in [1.807, 2.05) is 18.2 Å². The number of carbonyl (C=O) groups is 1. The van der Waals surface area contributed by atoms with E-state index in [1.165, 1.54) is 11.1 Å². The van der Waals surface area contributed by atoms with Crippen molar-refractivity contribution in [3.8, 4) is 0 Å². The molecular formula is C31H37N3O3. The molecule has 1 aliphatic heterocycles. The first-order valence-electron chi connectivity index (χ1n) is 13.3. The van der Waals surface area contributed by atoms with Crippen molar-refractivity contribution >= 4 is 5.91 Å². The second-order valence-electron chi connectivity index (χ2n) is 12.0. The summed E-state index contributed by atoms with van der Waals surface area (Å²) in [6.07, 6.45) is 1.15. The van der Waals surface area contributed by atoms with Gasteiger partial charge >= 0.3 is 0 Å². The van der Waals surface area contributed by atoms with Crippen molar-refractivity contribution < 1.29 is 9.90 Å². The Morgan fingerprint density at radius 2 is 1.78 bits per heavy atom. The molecule has 2 N–H and O–H groups in total. The minimum absolute atomic E-state index is 0.0888. The molecular weight excluding hydrogens is 462 g/mol. The molecule has 194 valence electrons. The van der Waals surface area contributed by atoms with Gasteiger partial charge in [0.2, 0.25) is 0 Å². The van der Waals surface area contributed by atoms with Gasteiger partial charge in [-0.1, -0.05) is 83.1 Å². The normalized spacial score (nSPS) is 17.4. The first-order chi connectivity index (χ1) is 17.5. The Kier molecular flexibility index (Phi) is 6.35. The van der Waals surface area contributed by atoms with Crippen molar-refractivity contribution in [1.82, 2.24) is 14.9 Å². The van der Waals surface area contributed by atoms with Crippen molar-refractivity contribution in [3.63, 3.8) is 0 Å². The Labute approximate surface area is 218 Å². The highest BCUT2D eigenvalue weighted by Crippen LogP contribution is 2.52. The lowest BCUT2D eigenvalue weighted by Crippen LogP contribution is -2.42. The first-order valence-corrected chi connectivity index (χ1v) is 13.3. The fraction of sp³-hybridized carbons (Fsp3) is 0.452. The number of H-pyrrole nitrogens is 1. The summed E-state index contributed by atoms with van der Waals surface area (Å²) < 4.78 is 0. The van der Waals surface area contributed by atoms with Crippen LogP contribution in [-0.2, 0) is 28.6 Å². The third kappa shape index (κ3) is 4.75. The van der Waals surface area contributed by atoms with Crippen LogP contribution in [0.4, 0.5) is 0 Å². The fourth-order valence-corrected chi connectivity index (χ4v) is 5.31. The third-order valence-corrected chi connectivity index (χ3v) is 7.99. The minimum atomic E-state index is -1.27. The highest BCUT2D eigenvalue weighted by molar-refractivity contribution is 5.82. The van der Waals surface area contributed by atoms with Crippen LogP contribution in [0, 0.1) is 0 Å². The van der Waals surface area contributed by atoms with Gasteiger partial charge in [-0.2, -0.15) is 0 Å². The summed E-state index contributed by atoms with van der Waals surface area (Å²) >= 11 is 0. The number of aliphatic hydroxyl groups excluding tert-OH is 1. The smallest absolute Gasteiger partial charge is 0.256 e. The Balaban J connectivity index is 1.38. The van der Waals surface area contributed by atoms with E-state index < -0.39 is 6.10 Å². The van der Waals surface area contributed by atoms with E-state index in [9.17, 15) is 14.7 Å². The highest BCUT2D eigenvalue weighted by Gasteiger charge is 2.49. The van der Waals surface area contributed by atoms with E-state index in [-0.39, 0.29) is 28.8 Å². The number of nitrogens with zero attached hydrogens (tertiary/aromatic N) is 2. The van der Waals surface area contributed by atoms with Gasteiger partial charge in [-0.05, 0) is 46.4 Å². The van der Waals surface area contributed by atoms with Crippen molar-refractivity contribution in [2.24, 2.45) is 0 Å². The van der Waals surface area contributed by atoms with Crippen LogP contribution < -0.4 is 5.56 Å². The Morgan fingerprint density at radius 3 is 2.46 bits per heavy atom. The number of aromatic amines is 1. The van der Waals surface area contributed by atoms with Crippen molar-refractivity contribution in [3.05, 3.63) is 98.2 Å². The van der Waals surface area contributed by atoms with Crippen LogP contribution >= 0.6 is 0 Å². The zero-order valence-electron chi connectivity index (χ0n) is 22.5. The van der Waals surface area contributed by atoms with Crippen LogP contribution in [0.2, 0.25) is 0 Å². The number of hydrogen-bond acceptors (Lipinski definition) is 4. The number of aromatic nitrogens is 2. The molecule has 3 aromatic rings. The van der Waals surface area contributed by atoms with Gasteiger partial charge in [0.1, 0.15) is 5.82 Å². The lowest BCUT2D eigenvalue weighted by Gasteiger charge is -2.30. The van der Waals surface area contributed by atoms with E-state index in [1.54, 1.807) is 11.0 Å². The van der Waals surface area contributed by atoms with Gasteiger partial charge in [0.15, 0.2) is 6.10 Å². The van der Waals surface area contributed by atoms with Gasteiger partial charge in [0.05, 0.1) is 23.2 Å². The summed E-state index contributed by atoms with van der Waals surface area (Å²) in [5.74, 6) is 0.779. The van der Waals surface area contributed by atoms with Crippen LogP contribution in [0.25, 0.3) is 0 Å². The largest absolute Gasteiger partial charge is 0.378 e. The van der Waals surface area contributed by atoms with E-state index in [0.29, 0.717) is 30.0 Å². The number of benzene rings is 2. The van der Waals surface area contributed by atoms with Gasteiger partial charge in [-0.15, -0.1) is 0 Å². The van der Waals surface area contributed by atoms with Crippen LogP contribution in [-0.4, -0.2) is 32.4 Å². The molecule has 1 aliphatic carbocycles. The molecule has 1 fully saturated rings. The molecule has 0 saturated heterocycles. The number of rotatable bonds is 5. The SMILES string of the molecule is CC(C)c1cccc(C2(c3nc4c(c(=O)[nH]3)CN(C(=O)C(O)c3cccc(C(C)(C)C)c3)CC4)CC2)c1. The maximum absolute atomic E-state index is 13.2. The van der Waals surface area contributed by atoms with Gasteiger partial charge in [0, 0.05) is 13.0 Å². The quantitative estimate of drug-likeness (QED) is 0.523. The van der Waals surface area contributed by atoms with E-state index in [2.05, 4.69) is 63.9 Å². The maximum atomic E-state index is 13.2. The molecule has 37 heavy (non-hydrogen) atoms. The molecule has 1 aromatic heterocycles. The summed E-state index contributed by atoms with van der Waals surface area (Å²) in [7, 11) is 0. The molecule has 1 amide bonds. The van der Waals surface area contributed by atoms with E-state index in [4.69, 9.17) is 4.98 Å². The molecule has 1 unspecified atom stereocenters. The number of nitrogens with one attached hydrogen (secondary N) is 1. The number of amides is 1. The second kappa shape index (κ2) is 9.25. The molecule has 1 atom stereocenters. The van der Waals surface area contributed by atoms with Crippen molar-refractivity contribution in [2.45, 2.75) is 83.3 Å². The predicted octanol–water partition coefficient (Wildman–Crippen LogP) is 4.89. The number of carbonyl (C=O) groups excluding carboxylic acids is 1. The molecule has 1 saturated carbocycles. The lowest BCUT2D eigenvalue weighted by molar-refractivity contribution is -0.141. The van der Waals surface area contributed by atoms with Crippen LogP contribution in [0.1, 0.15) is 98.8 Å². The molecule has 5 rings (SSSR count). The molecule has 0 bridgehead atoms. The Morgan fingerprint density at radius 1 is 1.08 bits per heavy atom. The Hall–Kier alpha value is -3.25. The summed E-state index contributed by atoms with van der Waals surface area (Å²) in [5.41, 5.74) is 4.89. The van der Waals surface area contributed by atoms with Gasteiger partial charge in [-0.3, -0.25) is 9.59 Å². The molecule has 2 aliphatic rings. The molecule has 0 radical (unpaired) electrons. The molecule has 6 nitrogen and oxygen atoms in total. The topological polar surface area (TPSA) is 86.3 Å². The van der Waals surface area contributed by atoms with Crippen LogP contribution in [0.5, 0.6) is 0 Å². The van der Waals surface area contributed by atoms with Crippen LogP contribution in [0.3, 0.4) is 0 Å². The Bertz CT molecular complexity index is 1400. The first kappa shape index (κ1) is 25.4. The monoisotopic (exact) mass is 499 g/mol. The lowest BCUT2D eigenvalue weighted by atomic mass is 9.85. The molecule has 6 heteroatoms. The fourth-order valence-electron chi connectivity index (χ4n) is 5.31. The zero-order chi connectivity index (χ0) is 26.5. The van der Waals surface area contributed by atoms with Crippen molar-refractivity contribution in [2.75, 3.05) is 6.54 Å². The molecule has 2 aromatic carbocycles. The van der Waals surface area contributed by atoms with Gasteiger partial charge in [-0.25, -0.2) is 4.98 Å². The average molecular weight is 500 g/mol. The van der Waals surface area contributed by atoms with Gasteiger partial charge < -0.3 is 15.0 Å². The average Bonchev–Trinajstić information content (AvgIpc) is 3.69. The summed E-state index contributed by atoms with van der Waals surface area (Å²) in [6.45, 7) is 11.2. The summed E-state index contributed by atoms with van der Waals surface area (Å²) in [4.78, 5) is 36.0. The standard InChI is InChI=1S/C31H37N3O3/c1-19(2)20-8-6-11-23(16-20)31(13-14-31)29-32-25-12-15-34(18-24(25)27(36)33-29)28(37)26(35)21-9-7-10-22(17-21)30(3,4)5/h6-11,16-17,19,26,35H,12-15,18H2,1-5H3,(H,32,33,36). The highest BCUT2D eigenvalue weighted by atomic mass is 16.3. The van der Waals surface area contributed by atoms with E-state index in [0.717, 1.165) is 29.9 Å².